The fourth-order valence-corrected chi connectivity index (χ4v) is 13.8. The van der Waals surface area contributed by atoms with Crippen LogP contribution in [-0.2, 0) is 0 Å². The van der Waals surface area contributed by atoms with Crippen molar-refractivity contribution in [2.75, 3.05) is 0 Å². The number of hydrogen-bond donors (Lipinski definition) is 0. The van der Waals surface area contributed by atoms with Crippen LogP contribution in [0.1, 0.15) is 22.3 Å². The molecule has 0 aliphatic rings. The number of hydrogen-bond acceptors (Lipinski definition) is 7. The van der Waals surface area contributed by atoms with Crippen LogP contribution in [0.3, 0.4) is 0 Å². The van der Waals surface area contributed by atoms with Crippen molar-refractivity contribution in [3.8, 4) is 92.1 Å². The Morgan fingerprint density at radius 3 is 0.933 bits per heavy atom. The molecule has 0 bridgehead atoms. The van der Waals surface area contributed by atoms with E-state index in [0.717, 1.165) is 121 Å². The van der Waals surface area contributed by atoms with Gasteiger partial charge in [0.2, 0.25) is 0 Å². The second-order valence-corrected chi connectivity index (χ2v) is 22.4. The molecule has 11 heteroatoms. The molecule has 414 valence electrons. The number of nitrogens with zero attached hydrogens (tertiary/aromatic N) is 11. The molecule has 6 aromatic heterocycles. The van der Waals surface area contributed by atoms with Crippen molar-refractivity contribution in [3.63, 3.8) is 0 Å². The van der Waals surface area contributed by atoms with E-state index in [9.17, 15) is 21.0 Å². The molecule has 17 rings (SSSR count). The van der Waals surface area contributed by atoms with E-state index in [0.29, 0.717) is 56.4 Å². The summed E-state index contributed by atoms with van der Waals surface area (Å²) in [5.74, 6) is 0.399. The normalized spacial score (nSPS) is 11.5. The predicted molar refractivity (Wildman–Crippen MR) is 358 cm³/mol. The molecule has 0 aliphatic heterocycles. The fourth-order valence-electron chi connectivity index (χ4n) is 13.8. The fraction of sp³-hybridized carbons (Fsp3) is 0. The largest absolute Gasteiger partial charge is 0.308 e. The van der Waals surface area contributed by atoms with E-state index in [-0.39, 0.29) is 0 Å². The third-order valence-corrected chi connectivity index (χ3v) is 17.6. The minimum Gasteiger partial charge on any atom is -0.308 e. The third kappa shape index (κ3) is 7.65. The van der Waals surface area contributed by atoms with Crippen LogP contribution < -0.4 is 0 Å². The first kappa shape index (κ1) is 51.2. The Bertz CT molecular complexity index is 6020. The van der Waals surface area contributed by atoms with Gasteiger partial charge in [0.05, 0.1) is 130 Å². The zero-order valence-corrected chi connectivity index (χ0v) is 47.7. The molecule has 90 heavy (non-hydrogen) atoms. The molecule has 11 aromatic carbocycles. The van der Waals surface area contributed by atoms with Gasteiger partial charge in [-0.15, -0.1) is 0 Å². The van der Waals surface area contributed by atoms with Crippen LogP contribution in [0.15, 0.2) is 261 Å². The molecule has 0 unspecified atom stereocenters. The van der Waals surface area contributed by atoms with Crippen LogP contribution in [-0.4, -0.2) is 33.2 Å². The Hall–Kier alpha value is -13.2. The van der Waals surface area contributed by atoms with Gasteiger partial charge in [0.15, 0.2) is 5.82 Å². The summed E-state index contributed by atoms with van der Waals surface area (Å²) in [4.78, 5) is 16.5. The van der Waals surface area contributed by atoms with Crippen LogP contribution in [0.4, 0.5) is 0 Å². The SMILES string of the molecule is N#Cc1ccc2c(c1)c1ccccc1n2-c1c(-c2ccncc2)c(-n2c3ccccc3c3cc(C#N)ccc32)c(-n2c3ccccc3c3cc(C#N)ccc32)c(-n2c3ccccc3c3cc(C#N)ccc32)c1-c1nc(-c2ccccc2)cc(-c2ccccc2)n1. The summed E-state index contributed by atoms with van der Waals surface area (Å²) < 4.78 is 9.39. The smallest absolute Gasteiger partial charge is 0.164 e. The first-order chi connectivity index (χ1) is 44.5. The standard InChI is InChI=1S/C79H43N11/c80-44-48-27-31-69-59(39-48)55-19-7-11-23-65(55)87(69)75-73(54-35-37-84-38-36-54)76(88-66-24-12-8-20-56(66)60-40-49(45-81)28-32-70(60)88)78(90-68-26-14-10-22-58(68)62-42-51(47-83)30-34-72(62)90)77(89-67-25-13-9-21-57(67)61-41-50(46-82)29-33-71(61)89)74(75)79-85-63(52-15-3-1-4-16-52)43-64(86-79)53-17-5-2-6-18-53/h1-43H. The van der Waals surface area contributed by atoms with Crippen molar-refractivity contribution in [2.45, 2.75) is 0 Å². The van der Waals surface area contributed by atoms with E-state index in [4.69, 9.17) is 15.0 Å². The molecule has 0 saturated heterocycles. The lowest BCUT2D eigenvalue weighted by atomic mass is 9.92. The summed E-state index contributed by atoms with van der Waals surface area (Å²) in [6.45, 7) is 0. The average Bonchev–Trinajstić information content (AvgIpc) is 1.40. The highest BCUT2D eigenvalue weighted by atomic mass is 15.1. The van der Waals surface area contributed by atoms with E-state index in [1.165, 1.54) is 0 Å². The topological polar surface area (TPSA) is 154 Å². The van der Waals surface area contributed by atoms with Gasteiger partial charge < -0.3 is 18.3 Å². The van der Waals surface area contributed by atoms with Gasteiger partial charge in [0.25, 0.3) is 0 Å². The molecule has 0 fully saturated rings. The highest BCUT2D eigenvalue weighted by Crippen LogP contribution is 2.54. The van der Waals surface area contributed by atoms with Crippen LogP contribution in [0.5, 0.6) is 0 Å². The molecule has 0 spiro atoms. The van der Waals surface area contributed by atoms with Crippen LogP contribution in [0, 0.1) is 45.3 Å². The van der Waals surface area contributed by atoms with Gasteiger partial charge in [-0.1, -0.05) is 133 Å². The van der Waals surface area contributed by atoms with Gasteiger partial charge in [-0.3, -0.25) is 4.98 Å². The van der Waals surface area contributed by atoms with Crippen molar-refractivity contribution in [2.24, 2.45) is 0 Å². The summed E-state index contributed by atoms with van der Waals surface area (Å²) in [5.41, 5.74) is 17.0. The Balaban J connectivity index is 1.26. The van der Waals surface area contributed by atoms with Gasteiger partial charge in [-0.05, 0) is 121 Å². The molecule has 0 aliphatic carbocycles. The molecule has 0 atom stereocenters. The summed E-state index contributed by atoms with van der Waals surface area (Å²) in [6, 6.07) is 93.5. The van der Waals surface area contributed by atoms with Gasteiger partial charge in [0, 0.05) is 72.2 Å². The predicted octanol–water partition coefficient (Wildman–Crippen LogP) is 18.4. The molecule has 0 N–H and O–H groups in total. The Kier molecular flexibility index (Phi) is 11.5. The number of rotatable bonds is 8. The summed E-state index contributed by atoms with van der Waals surface area (Å²) in [6.07, 6.45) is 3.66. The zero-order valence-electron chi connectivity index (χ0n) is 47.7. The first-order valence-electron chi connectivity index (χ1n) is 29.4. The van der Waals surface area contributed by atoms with Crippen molar-refractivity contribution >= 4 is 87.2 Å². The molecule has 0 amide bonds. The van der Waals surface area contributed by atoms with Gasteiger partial charge in [-0.25, -0.2) is 9.97 Å². The van der Waals surface area contributed by atoms with Crippen molar-refractivity contribution in [1.82, 2.24) is 33.2 Å². The van der Waals surface area contributed by atoms with E-state index >= 15 is 0 Å². The molecule has 0 radical (unpaired) electrons. The quantitative estimate of drug-likeness (QED) is 0.147. The first-order valence-corrected chi connectivity index (χ1v) is 29.4. The van der Waals surface area contributed by atoms with Gasteiger partial charge >= 0.3 is 0 Å². The number of para-hydroxylation sites is 4. The minimum atomic E-state index is 0.399. The number of nitriles is 4. The Morgan fingerprint density at radius 1 is 0.256 bits per heavy atom. The maximum Gasteiger partial charge on any atom is 0.164 e. The van der Waals surface area contributed by atoms with E-state index in [1.54, 1.807) is 0 Å². The third-order valence-electron chi connectivity index (χ3n) is 17.6. The van der Waals surface area contributed by atoms with Crippen LogP contribution in [0.25, 0.3) is 155 Å². The summed E-state index contributed by atoms with van der Waals surface area (Å²) >= 11 is 0. The number of pyridine rings is 1. The average molecular weight is 1150 g/mol. The molecule has 17 aromatic rings. The van der Waals surface area contributed by atoms with E-state index < -0.39 is 0 Å². The van der Waals surface area contributed by atoms with Crippen molar-refractivity contribution in [3.05, 3.63) is 283 Å². The van der Waals surface area contributed by atoms with E-state index in [2.05, 4.69) is 170 Å². The molecular formula is C79H43N11. The maximum atomic E-state index is 10.7. The molecular weight excluding hydrogens is 1100 g/mol. The lowest BCUT2D eigenvalue weighted by molar-refractivity contribution is 1.03. The summed E-state index contributed by atoms with van der Waals surface area (Å²) in [7, 11) is 0. The van der Waals surface area contributed by atoms with Crippen molar-refractivity contribution < 1.29 is 0 Å². The lowest BCUT2D eigenvalue weighted by Crippen LogP contribution is -2.17. The highest BCUT2D eigenvalue weighted by Gasteiger charge is 2.37. The number of benzene rings is 11. The highest BCUT2D eigenvalue weighted by molar-refractivity contribution is 6.19. The second-order valence-electron chi connectivity index (χ2n) is 22.4. The maximum absolute atomic E-state index is 10.7. The van der Waals surface area contributed by atoms with E-state index in [1.807, 2.05) is 134 Å². The lowest BCUT2D eigenvalue weighted by Gasteiger charge is -2.31. The van der Waals surface area contributed by atoms with Crippen molar-refractivity contribution in [1.29, 1.82) is 21.0 Å². The number of fused-ring (bicyclic) bond motifs is 12. The number of aromatic nitrogens is 7. The molecule has 11 nitrogen and oxygen atoms in total. The van der Waals surface area contributed by atoms with Gasteiger partial charge in [-0.2, -0.15) is 21.0 Å². The van der Waals surface area contributed by atoms with Gasteiger partial charge in [0.1, 0.15) is 0 Å². The Morgan fingerprint density at radius 2 is 0.567 bits per heavy atom. The monoisotopic (exact) mass is 1150 g/mol. The summed E-state index contributed by atoms with van der Waals surface area (Å²) in [5, 5.41) is 49.9. The molecule has 0 saturated carbocycles. The Labute approximate surface area is 514 Å². The second kappa shape index (κ2) is 20.2. The van der Waals surface area contributed by atoms with Crippen LogP contribution >= 0.6 is 0 Å². The minimum absolute atomic E-state index is 0.399. The zero-order chi connectivity index (χ0) is 60.1. The molecule has 6 heterocycles. The van der Waals surface area contributed by atoms with Crippen LogP contribution in [0.2, 0.25) is 0 Å².